The van der Waals surface area contributed by atoms with Crippen LogP contribution >= 0.6 is 0 Å². The zero-order valence-corrected chi connectivity index (χ0v) is 12.0. The fraction of sp³-hybridized carbons (Fsp3) is 0.231. The summed E-state index contributed by atoms with van der Waals surface area (Å²) in [5.74, 6) is -2.65. The summed E-state index contributed by atoms with van der Waals surface area (Å²) in [4.78, 5) is 14.6. The van der Waals surface area contributed by atoms with Gasteiger partial charge in [-0.15, -0.1) is 0 Å². The fourth-order valence-corrected chi connectivity index (χ4v) is 3.17. The van der Waals surface area contributed by atoms with Crippen LogP contribution in [0.1, 0.15) is 15.9 Å². The first-order valence-corrected chi connectivity index (χ1v) is 7.68. The maximum atomic E-state index is 13.6. The van der Waals surface area contributed by atoms with E-state index in [0.717, 1.165) is 12.1 Å². The van der Waals surface area contributed by atoms with Gasteiger partial charge in [-0.2, -0.15) is 0 Å². The van der Waals surface area contributed by atoms with Gasteiger partial charge in [0.05, 0.1) is 22.5 Å². The molecule has 0 atom stereocenters. The molecule has 2 rings (SSSR count). The molecule has 2 aromatic rings. The molecule has 6 nitrogen and oxygen atoms in total. The fourth-order valence-electron chi connectivity index (χ4n) is 1.83. The van der Waals surface area contributed by atoms with Crippen LogP contribution in [0.15, 0.2) is 35.7 Å². The molecule has 0 amide bonds. The first kappa shape index (κ1) is 15.2. The molecular weight excluding hydrogens is 299 g/mol. The number of halogens is 1. The smallest absolute Gasteiger partial charge is 0.338 e. The molecule has 1 N–H and O–H groups in total. The van der Waals surface area contributed by atoms with Crippen molar-refractivity contribution in [3.63, 3.8) is 0 Å². The van der Waals surface area contributed by atoms with Crippen LogP contribution in [-0.2, 0) is 16.4 Å². The summed E-state index contributed by atoms with van der Waals surface area (Å²) in [5, 5.41) is 8.91. The van der Waals surface area contributed by atoms with E-state index in [1.807, 2.05) is 0 Å². The van der Waals surface area contributed by atoms with Gasteiger partial charge in [-0.05, 0) is 24.6 Å². The highest BCUT2D eigenvalue weighted by atomic mass is 32.2. The number of nitrogens with zero attached hydrogens (tertiary/aromatic N) is 2. The number of carboxylic acid groups (broad SMARTS) is 1. The Kier molecular flexibility index (Phi) is 4.08. The van der Waals surface area contributed by atoms with Crippen molar-refractivity contribution in [1.29, 1.82) is 0 Å². The van der Waals surface area contributed by atoms with E-state index in [9.17, 15) is 17.6 Å². The third kappa shape index (κ3) is 3.27. The minimum atomic E-state index is -3.71. The lowest BCUT2D eigenvalue weighted by molar-refractivity contribution is 0.0691. The monoisotopic (exact) mass is 312 g/mol. The molecule has 0 saturated carbocycles. The van der Waals surface area contributed by atoms with Crippen LogP contribution in [0.25, 0.3) is 0 Å². The Labute approximate surface area is 120 Å². The molecule has 0 spiro atoms. The highest BCUT2D eigenvalue weighted by Crippen LogP contribution is 2.20. The SMILES string of the molecule is Cc1cc(S(=O)(=O)CCn2ccnc2)cc(C(=O)O)c1F. The molecular formula is C13H13FN2O4S. The second-order valence-corrected chi connectivity index (χ2v) is 6.64. The van der Waals surface area contributed by atoms with Crippen molar-refractivity contribution in [3.05, 3.63) is 47.8 Å². The molecule has 1 aromatic heterocycles. The van der Waals surface area contributed by atoms with E-state index in [0.29, 0.717) is 0 Å². The van der Waals surface area contributed by atoms with E-state index in [1.165, 1.54) is 19.4 Å². The molecule has 0 unspecified atom stereocenters. The Morgan fingerprint density at radius 3 is 2.71 bits per heavy atom. The Morgan fingerprint density at radius 2 is 2.14 bits per heavy atom. The van der Waals surface area contributed by atoms with Crippen LogP contribution in [0.2, 0.25) is 0 Å². The molecule has 1 heterocycles. The van der Waals surface area contributed by atoms with Crippen molar-refractivity contribution < 1.29 is 22.7 Å². The first-order chi connectivity index (χ1) is 9.81. The van der Waals surface area contributed by atoms with Crippen molar-refractivity contribution in [3.8, 4) is 0 Å². The van der Waals surface area contributed by atoms with Crippen LogP contribution in [0, 0.1) is 12.7 Å². The minimum Gasteiger partial charge on any atom is -0.478 e. The standard InChI is InChI=1S/C13H13FN2O4S/c1-9-6-10(7-11(12(9)14)13(17)18)21(19,20)5-4-16-3-2-15-8-16/h2-3,6-8H,4-5H2,1H3,(H,17,18). The number of carbonyl (C=O) groups is 1. The second-order valence-electron chi connectivity index (χ2n) is 4.53. The maximum absolute atomic E-state index is 13.6. The average Bonchev–Trinajstić information content (AvgIpc) is 2.92. The van der Waals surface area contributed by atoms with Crippen molar-refractivity contribution in [2.24, 2.45) is 0 Å². The molecule has 1 aromatic carbocycles. The average molecular weight is 312 g/mol. The maximum Gasteiger partial charge on any atom is 0.338 e. The molecule has 0 bridgehead atoms. The summed E-state index contributed by atoms with van der Waals surface area (Å²) in [6.07, 6.45) is 4.62. The minimum absolute atomic E-state index is 0.0175. The van der Waals surface area contributed by atoms with Crippen molar-refractivity contribution in [2.45, 2.75) is 18.4 Å². The Morgan fingerprint density at radius 1 is 1.43 bits per heavy atom. The number of benzene rings is 1. The topological polar surface area (TPSA) is 89.3 Å². The van der Waals surface area contributed by atoms with E-state index in [-0.39, 0.29) is 22.8 Å². The predicted molar refractivity (Wildman–Crippen MR) is 72.4 cm³/mol. The molecule has 0 fully saturated rings. The van der Waals surface area contributed by atoms with Gasteiger partial charge in [0.15, 0.2) is 9.84 Å². The number of hydrogen-bond acceptors (Lipinski definition) is 4. The number of sulfone groups is 1. The van der Waals surface area contributed by atoms with E-state index >= 15 is 0 Å². The molecule has 0 saturated heterocycles. The van der Waals surface area contributed by atoms with Crippen molar-refractivity contribution in [2.75, 3.05) is 5.75 Å². The predicted octanol–water partition coefficient (Wildman–Crippen LogP) is 1.50. The lowest BCUT2D eigenvalue weighted by Gasteiger charge is -2.09. The molecule has 112 valence electrons. The number of aromatic carboxylic acids is 1. The number of hydrogen-bond donors (Lipinski definition) is 1. The van der Waals surface area contributed by atoms with Gasteiger partial charge >= 0.3 is 5.97 Å². The molecule has 0 radical (unpaired) electrons. The quantitative estimate of drug-likeness (QED) is 0.845. The zero-order chi connectivity index (χ0) is 15.6. The Balaban J connectivity index is 2.33. The molecule has 8 heteroatoms. The second kappa shape index (κ2) is 5.65. The highest BCUT2D eigenvalue weighted by molar-refractivity contribution is 7.91. The third-order valence-electron chi connectivity index (χ3n) is 2.99. The van der Waals surface area contributed by atoms with Gasteiger partial charge < -0.3 is 9.67 Å². The van der Waals surface area contributed by atoms with Crippen LogP contribution in [0.5, 0.6) is 0 Å². The summed E-state index contributed by atoms with van der Waals surface area (Å²) in [5.41, 5.74) is -0.660. The van der Waals surface area contributed by atoms with E-state index in [1.54, 1.807) is 10.8 Å². The van der Waals surface area contributed by atoms with Crippen molar-refractivity contribution in [1.82, 2.24) is 9.55 Å². The van der Waals surface area contributed by atoms with Crippen LogP contribution in [-0.4, -0.2) is 34.8 Å². The van der Waals surface area contributed by atoms with E-state index in [2.05, 4.69) is 4.98 Å². The largest absolute Gasteiger partial charge is 0.478 e. The molecule has 0 aliphatic heterocycles. The third-order valence-corrected chi connectivity index (χ3v) is 4.67. The normalized spacial score (nSPS) is 11.5. The zero-order valence-electron chi connectivity index (χ0n) is 11.2. The number of aryl methyl sites for hydroxylation is 2. The Bertz CT molecular complexity index is 770. The van der Waals surface area contributed by atoms with Crippen LogP contribution in [0.4, 0.5) is 4.39 Å². The number of aromatic nitrogens is 2. The van der Waals surface area contributed by atoms with Gasteiger partial charge in [0.25, 0.3) is 0 Å². The van der Waals surface area contributed by atoms with Gasteiger partial charge in [-0.3, -0.25) is 0 Å². The summed E-state index contributed by atoms with van der Waals surface area (Å²) in [7, 11) is -3.71. The first-order valence-electron chi connectivity index (χ1n) is 6.03. The summed E-state index contributed by atoms with van der Waals surface area (Å²) < 4.78 is 39.7. The summed E-state index contributed by atoms with van der Waals surface area (Å²) >= 11 is 0. The number of rotatable bonds is 5. The van der Waals surface area contributed by atoms with Crippen molar-refractivity contribution >= 4 is 15.8 Å². The molecule has 0 aliphatic rings. The lowest BCUT2D eigenvalue weighted by atomic mass is 10.1. The Hall–Kier alpha value is -2.22. The van der Waals surface area contributed by atoms with Gasteiger partial charge in [0.2, 0.25) is 0 Å². The van der Waals surface area contributed by atoms with Gasteiger partial charge in [-0.25, -0.2) is 22.6 Å². The van der Waals surface area contributed by atoms with Gasteiger partial charge in [0, 0.05) is 18.9 Å². The van der Waals surface area contributed by atoms with E-state index in [4.69, 9.17) is 5.11 Å². The summed E-state index contributed by atoms with van der Waals surface area (Å²) in [6, 6.07) is 2.00. The summed E-state index contributed by atoms with van der Waals surface area (Å²) in [6.45, 7) is 1.51. The van der Waals surface area contributed by atoms with Gasteiger partial charge in [-0.1, -0.05) is 0 Å². The molecule has 0 aliphatic carbocycles. The lowest BCUT2D eigenvalue weighted by Crippen LogP contribution is -2.14. The van der Waals surface area contributed by atoms with Gasteiger partial charge in [0.1, 0.15) is 5.82 Å². The van der Waals surface area contributed by atoms with Crippen LogP contribution < -0.4 is 0 Å². The highest BCUT2D eigenvalue weighted by Gasteiger charge is 2.21. The molecule has 21 heavy (non-hydrogen) atoms. The number of imidazole rings is 1. The number of carboxylic acids is 1. The van der Waals surface area contributed by atoms with Crippen LogP contribution in [0.3, 0.4) is 0 Å². The van der Waals surface area contributed by atoms with E-state index < -0.39 is 27.2 Å².